The maximum absolute atomic E-state index is 13.1. The molecule has 5 aromatic carbocycles. The molecule has 0 fully saturated rings. The Kier molecular flexibility index (Phi) is 9.32. The summed E-state index contributed by atoms with van der Waals surface area (Å²) in [6.45, 7) is 2.39. The molecule has 1 N–H and O–H groups in total. The highest BCUT2D eigenvalue weighted by Crippen LogP contribution is 2.34. The third kappa shape index (κ3) is 7.13. The first-order valence-corrected chi connectivity index (χ1v) is 15.5. The molecule has 6 aromatic rings. The number of hydrogen-bond acceptors (Lipinski definition) is 5. The average molecular weight is 660 g/mol. The van der Waals surface area contributed by atoms with Crippen LogP contribution in [0.5, 0.6) is 11.5 Å². The average Bonchev–Trinajstić information content (AvgIpc) is 3.52. The number of carbonyl (C=O) groups is 1. The molecule has 0 aliphatic rings. The van der Waals surface area contributed by atoms with Crippen LogP contribution in [0.4, 0.5) is 0 Å². The van der Waals surface area contributed by atoms with Crippen molar-refractivity contribution in [1.82, 2.24) is 15.2 Å². The first-order chi connectivity index (χ1) is 22.1. The zero-order valence-corrected chi connectivity index (χ0v) is 26.2. The van der Waals surface area contributed by atoms with E-state index in [2.05, 4.69) is 26.5 Å². The number of fused-ring (bicyclic) bond motifs is 1. The van der Waals surface area contributed by atoms with Crippen LogP contribution in [0.2, 0.25) is 0 Å². The normalized spacial score (nSPS) is 11.9. The number of rotatable bonds is 11. The molecule has 0 spiro atoms. The summed E-state index contributed by atoms with van der Waals surface area (Å²) in [4.78, 5) is 13.1. The van der Waals surface area contributed by atoms with Gasteiger partial charge in [0, 0.05) is 17.3 Å². The van der Waals surface area contributed by atoms with E-state index in [0.29, 0.717) is 18.8 Å². The minimum absolute atomic E-state index is 0.342. The predicted molar refractivity (Wildman–Crippen MR) is 182 cm³/mol. The molecule has 8 heteroatoms. The lowest BCUT2D eigenvalue weighted by Gasteiger charge is -2.17. The van der Waals surface area contributed by atoms with E-state index in [-0.39, 0.29) is 5.91 Å². The number of hydrogen-bond donors (Lipinski definition) is 1. The van der Waals surface area contributed by atoms with Gasteiger partial charge in [-0.05, 0) is 81.2 Å². The summed E-state index contributed by atoms with van der Waals surface area (Å²) in [6, 6.07) is 39.5. The summed E-state index contributed by atoms with van der Waals surface area (Å²) in [7, 11) is 0. The summed E-state index contributed by atoms with van der Waals surface area (Å²) in [5, 5.41) is 11.3. The fourth-order valence-corrected chi connectivity index (χ4v) is 5.47. The molecular weight excluding hydrogens is 628 g/mol. The molecule has 0 aliphatic carbocycles. The van der Waals surface area contributed by atoms with Gasteiger partial charge in [0.1, 0.15) is 23.8 Å². The highest BCUT2D eigenvalue weighted by Gasteiger charge is 2.20. The molecule has 45 heavy (non-hydrogen) atoms. The van der Waals surface area contributed by atoms with Gasteiger partial charge in [0.2, 0.25) is 0 Å². The van der Waals surface area contributed by atoms with Gasteiger partial charge in [0.15, 0.2) is 6.10 Å². The molecule has 1 amide bonds. The second kappa shape index (κ2) is 14.1. The van der Waals surface area contributed by atoms with E-state index < -0.39 is 6.10 Å². The zero-order valence-electron chi connectivity index (χ0n) is 24.6. The number of benzene rings is 5. The summed E-state index contributed by atoms with van der Waals surface area (Å²) >= 11 is 3.64. The van der Waals surface area contributed by atoms with E-state index in [9.17, 15) is 4.79 Å². The number of nitrogens with one attached hydrogen (secondary N) is 1. The molecule has 7 nitrogen and oxygen atoms in total. The van der Waals surface area contributed by atoms with Crippen LogP contribution in [0, 0.1) is 0 Å². The Hall–Kier alpha value is -5.21. The van der Waals surface area contributed by atoms with E-state index in [1.165, 1.54) is 0 Å². The van der Waals surface area contributed by atoms with Crippen molar-refractivity contribution in [3.8, 4) is 28.4 Å². The molecule has 0 saturated carbocycles. The molecule has 0 saturated heterocycles. The second-order valence-electron chi connectivity index (χ2n) is 10.4. The van der Waals surface area contributed by atoms with Crippen molar-refractivity contribution < 1.29 is 14.3 Å². The number of halogens is 1. The van der Waals surface area contributed by atoms with Gasteiger partial charge in [-0.1, -0.05) is 85.8 Å². The van der Waals surface area contributed by atoms with Crippen molar-refractivity contribution in [3.05, 3.63) is 143 Å². The summed E-state index contributed by atoms with van der Waals surface area (Å²) in [5.74, 6) is 1.02. The van der Waals surface area contributed by atoms with Gasteiger partial charge < -0.3 is 9.47 Å². The minimum atomic E-state index is -0.727. The molecule has 0 bridgehead atoms. The minimum Gasteiger partial charge on any atom is -0.489 e. The van der Waals surface area contributed by atoms with Crippen LogP contribution < -0.4 is 14.9 Å². The van der Waals surface area contributed by atoms with Crippen LogP contribution in [0.15, 0.2) is 137 Å². The van der Waals surface area contributed by atoms with Crippen molar-refractivity contribution >= 4 is 38.8 Å². The number of carbonyl (C=O) groups excluding carboxylic acids is 1. The highest BCUT2D eigenvalue weighted by atomic mass is 79.9. The van der Waals surface area contributed by atoms with E-state index in [4.69, 9.17) is 14.6 Å². The Balaban J connectivity index is 1.19. The van der Waals surface area contributed by atoms with E-state index in [0.717, 1.165) is 49.1 Å². The third-order valence-corrected chi connectivity index (χ3v) is 8.10. The Bertz CT molecular complexity index is 1920. The fraction of sp³-hybridized carbons (Fsp3) is 0.108. The number of aromatic nitrogens is 2. The first kappa shape index (κ1) is 29.8. The lowest BCUT2D eigenvalue weighted by atomic mass is 10.1. The van der Waals surface area contributed by atoms with Gasteiger partial charge in [-0.25, -0.2) is 10.1 Å². The van der Waals surface area contributed by atoms with Crippen molar-refractivity contribution in [2.45, 2.75) is 26.1 Å². The Morgan fingerprint density at radius 1 is 0.911 bits per heavy atom. The predicted octanol–water partition coefficient (Wildman–Crippen LogP) is 8.34. The summed E-state index contributed by atoms with van der Waals surface area (Å²) < 4.78 is 14.7. The van der Waals surface area contributed by atoms with Crippen LogP contribution in [-0.2, 0) is 11.4 Å². The number of hydrazone groups is 1. The van der Waals surface area contributed by atoms with Gasteiger partial charge in [-0.2, -0.15) is 10.2 Å². The summed E-state index contributed by atoms with van der Waals surface area (Å²) in [5.41, 5.74) is 7.02. The van der Waals surface area contributed by atoms with Crippen LogP contribution in [0.3, 0.4) is 0 Å². The molecule has 0 radical (unpaired) electrons. The number of amides is 1. The monoisotopic (exact) mass is 658 g/mol. The molecule has 1 atom stereocenters. The van der Waals surface area contributed by atoms with Crippen molar-refractivity contribution in [2.24, 2.45) is 5.10 Å². The Labute approximate surface area is 270 Å². The maximum Gasteiger partial charge on any atom is 0.281 e. The van der Waals surface area contributed by atoms with Crippen LogP contribution in [-0.4, -0.2) is 28.0 Å². The number of nitrogens with zero attached hydrogens (tertiary/aromatic N) is 3. The lowest BCUT2D eigenvalue weighted by Crippen LogP contribution is -2.35. The molecule has 0 aliphatic heterocycles. The molecule has 1 heterocycles. The van der Waals surface area contributed by atoms with Gasteiger partial charge in [0.05, 0.1) is 16.4 Å². The van der Waals surface area contributed by atoms with Gasteiger partial charge in [0.25, 0.3) is 5.91 Å². The maximum atomic E-state index is 13.1. The molecule has 0 unspecified atom stereocenters. The zero-order chi connectivity index (χ0) is 31.0. The van der Waals surface area contributed by atoms with Crippen molar-refractivity contribution in [1.29, 1.82) is 0 Å². The quantitative estimate of drug-likeness (QED) is 0.112. The fourth-order valence-electron chi connectivity index (χ4n) is 4.89. The second-order valence-corrected chi connectivity index (χ2v) is 11.2. The SMILES string of the molecule is CC[C@@H](Oc1ccc2ccccc2c1Br)C(=O)N/N=C\c1cn(-c2ccccc2)nc1-c1ccc(OCc2ccccc2)cc1. The first-order valence-electron chi connectivity index (χ1n) is 14.7. The topological polar surface area (TPSA) is 77.7 Å². The molecular formula is C37H31BrN4O3. The van der Waals surface area contributed by atoms with Crippen LogP contribution in [0.1, 0.15) is 24.5 Å². The van der Waals surface area contributed by atoms with E-state index in [1.807, 2.05) is 134 Å². The number of ether oxygens (including phenoxy) is 2. The number of para-hydroxylation sites is 1. The van der Waals surface area contributed by atoms with Gasteiger partial charge in [-0.3, -0.25) is 4.79 Å². The third-order valence-electron chi connectivity index (χ3n) is 7.28. The largest absolute Gasteiger partial charge is 0.489 e. The van der Waals surface area contributed by atoms with Gasteiger partial charge >= 0.3 is 0 Å². The Morgan fingerprint density at radius 2 is 1.62 bits per heavy atom. The molecule has 1 aromatic heterocycles. The summed E-state index contributed by atoms with van der Waals surface area (Å²) in [6.07, 6.45) is 3.24. The highest BCUT2D eigenvalue weighted by molar-refractivity contribution is 9.10. The molecule has 224 valence electrons. The van der Waals surface area contributed by atoms with E-state index in [1.54, 1.807) is 10.9 Å². The van der Waals surface area contributed by atoms with Crippen molar-refractivity contribution in [2.75, 3.05) is 0 Å². The smallest absolute Gasteiger partial charge is 0.281 e. The lowest BCUT2D eigenvalue weighted by molar-refractivity contribution is -0.128. The van der Waals surface area contributed by atoms with Gasteiger partial charge in [-0.15, -0.1) is 0 Å². The van der Waals surface area contributed by atoms with E-state index >= 15 is 0 Å². The molecule has 6 rings (SSSR count). The van der Waals surface area contributed by atoms with Crippen LogP contribution >= 0.6 is 15.9 Å². The standard InChI is InChI=1S/C37H31BrN4O3/c1-2-33(45-34-22-19-27-13-9-10-16-32(27)35(34)38)37(43)40-39-23-29-24-42(30-14-7-4-8-15-30)41-36(29)28-17-20-31(21-18-28)44-25-26-11-5-3-6-12-26/h3-24,33H,2,25H2,1H3,(H,40,43)/b39-23-/t33-/m1/s1. The van der Waals surface area contributed by atoms with Crippen molar-refractivity contribution in [3.63, 3.8) is 0 Å². The Morgan fingerprint density at radius 3 is 2.38 bits per heavy atom. The van der Waals surface area contributed by atoms with Crippen LogP contribution in [0.25, 0.3) is 27.7 Å².